The van der Waals surface area contributed by atoms with Gasteiger partial charge in [-0.1, -0.05) is 0 Å². The summed E-state index contributed by atoms with van der Waals surface area (Å²) >= 11 is 0. The van der Waals surface area contributed by atoms with Gasteiger partial charge in [0.05, 0.1) is 6.04 Å². The second kappa shape index (κ2) is 4.09. The summed E-state index contributed by atoms with van der Waals surface area (Å²) in [5.74, 6) is -1.35. The number of hydrogen-bond acceptors (Lipinski definition) is 2. The van der Waals surface area contributed by atoms with Crippen molar-refractivity contribution in [2.24, 2.45) is 5.73 Å². The fraction of sp³-hybridized carbons (Fsp3) is 0.222. The van der Waals surface area contributed by atoms with Gasteiger partial charge in [-0.05, 0) is 24.1 Å². The van der Waals surface area contributed by atoms with E-state index in [4.69, 9.17) is 5.73 Å². The number of rotatable bonds is 3. The van der Waals surface area contributed by atoms with E-state index in [1.54, 1.807) is 0 Å². The zero-order chi connectivity index (χ0) is 9.84. The topological polar surface area (TPSA) is 43.1 Å². The van der Waals surface area contributed by atoms with Crippen LogP contribution in [0.4, 0.5) is 8.78 Å². The van der Waals surface area contributed by atoms with Gasteiger partial charge in [-0.25, -0.2) is 8.78 Å². The summed E-state index contributed by atoms with van der Waals surface area (Å²) in [6.45, 7) is 0. The summed E-state index contributed by atoms with van der Waals surface area (Å²) in [6.07, 6.45) is 1.63. The van der Waals surface area contributed by atoms with Crippen LogP contribution in [-0.4, -0.2) is 12.3 Å². The van der Waals surface area contributed by atoms with E-state index in [9.17, 15) is 13.6 Å². The monoisotopic (exact) mass is 184 g/mol. The first-order chi connectivity index (χ1) is 6.11. The van der Waals surface area contributed by atoms with Crippen LogP contribution in [0, 0.1) is 11.6 Å². The lowest BCUT2D eigenvalue weighted by molar-refractivity contribution is 0.539. The van der Waals surface area contributed by atoms with E-state index in [1.165, 1.54) is 6.29 Å². The lowest BCUT2D eigenvalue weighted by atomic mass is 10.1. The molecule has 0 aliphatic rings. The average molecular weight is 184 g/mol. The highest BCUT2D eigenvalue weighted by molar-refractivity contribution is 5.58. The van der Waals surface area contributed by atoms with E-state index in [1.807, 2.05) is 0 Å². The third-order valence-electron chi connectivity index (χ3n) is 1.53. The van der Waals surface area contributed by atoms with Gasteiger partial charge in [-0.2, -0.15) is 0 Å². The fourth-order valence-corrected chi connectivity index (χ4v) is 1.02. The molecule has 0 amide bonds. The van der Waals surface area contributed by atoms with Crippen LogP contribution in [-0.2, 0) is 11.2 Å². The second-order valence-electron chi connectivity index (χ2n) is 2.71. The molecule has 0 aromatic heterocycles. The maximum atomic E-state index is 12.6. The largest absolute Gasteiger partial charge is 0.321 e. The summed E-state index contributed by atoms with van der Waals surface area (Å²) in [5, 5.41) is 0. The average Bonchev–Trinajstić information content (AvgIpc) is 2.02. The Morgan fingerprint density at radius 1 is 1.31 bits per heavy atom. The SMILES string of the molecule is N[C@H]([C]=O)Cc1cc(F)cc(F)c1. The van der Waals surface area contributed by atoms with Crippen molar-refractivity contribution in [1.29, 1.82) is 0 Å². The van der Waals surface area contributed by atoms with Crippen molar-refractivity contribution in [3.05, 3.63) is 35.4 Å². The van der Waals surface area contributed by atoms with E-state index in [0.717, 1.165) is 18.2 Å². The Kier molecular flexibility index (Phi) is 3.08. The Morgan fingerprint density at radius 2 is 1.85 bits per heavy atom. The Labute approximate surface area is 74.4 Å². The van der Waals surface area contributed by atoms with Crippen LogP contribution in [0.1, 0.15) is 5.56 Å². The molecule has 69 valence electrons. The smallest absolute Gasteiger partial charge is 0.217 e. The Morgan fingerprint density at radius 3 is 2.31 bits per heavy atom. The molecule has 1 atom stereocenters. The highest BCUT2D eigenvalue weighted by Gasteiger charge is 2.05. The number of benzene rings is 1. The van der Waals surface area contributed by atoms with Crippen LogP contribution >= 0.6 is 0 Å². The molecule has 0 unspecified atom stereocenters. The van der Waals surface area contributed by atoms with E-state index in [2.05, 4.69) is 0 Å². The van der Waals surface area contributed by atoms with Crippen molar-refractivity contribution in [1.82, 2.24) is 0 Å². The van der Waals surface area contributed by atoms with Crippen molar-refractivity contribution >= 4 is 6.29 Å². The predicted octanol–water partition coefficient (Wildman–Crippen LogP) is 0.944. The first-order valence-electron chi connectivity index (χ1n) is 3.70. The van der Waals surface area contributed by atoms with Gasteiger partial charge in [0.2, 0.25) is 6.29 Å². The lowest BCUT2D eigenvalue weighted by Gasteiger charge is -2.03. The standard InChI is InChI=1S/C9H8F2NO/c10-7-1-6(2-8(11)4-7)3-9(12)5-13/h1-2,4,9H,3,12H2/t9-/m0/s1. The highest BCUT2D eigenvalue weighted by atomic mass is 19.1. The molecular weight excluding hydrogens is 176 g/mol. The second-order valence-corrected chi connectivity index (χ2v) is 2.71. The van der Waals surface area contributed by atoms with Crippen LogP contribution in [0.2, 0.25) is 0 Å². The minimum atomic E-state index is -0.832. The summed E-state index contributed by atoms with van der Waals surface area (Å²) < 4.78 is 25.2. The molecule has 0 bridgehead atoms. The van der Waals surface area contributed by atoms with Gasteiger partial charge in [-0.15, -0.1) is 0 Å². The number of hydrogen-bond donors (Lipinski definition) is 1. The third kappa shape index (κ3) is 2.91. The van der Waals surface area contributed by atoms with Crippen LogP contribution in [0.5, 0.6) is 0 Å². The van der Waals surface area contributed by atoms with Gasteiger partial charge >= 0.3 is 0 Å². The minimum Gasteiger partial charge on any atom is -0.321 e. The summed E-state index contributed by atoms with van der Waals surface area (Å²) in [6, 6.07) is 2.21. The molecule has 1 aromatic carbocycles. The normalized spacial score (nSPS) is 12.5. The van der Waals surface area contributed by atoms with Gasteiger partial charge < -0.3 is 5.73 Å². The zero-order valence-electron chi connectivity index (χ0n) is 6.76. The molecule has 0 aliphatic carbocycles. The maximum absolute atomic E-state index is 12.6. The van der Waals surface area contributed by atoms with Crippen molar-refractivity contribution in [3.63, 3.8) is 0 Å². The quantitative estimate of drug-likeness (QED) is 0.759. The van der Waals surface area contributed by atoms with Gasteiger partial charge in [-0.3, -0.25) is 4.79 Å². The van der Waals surface area contributed by atoms with Gasteiger partial charge in [0.25, 0.3) is 0 Å². The molecule has 0 spiro atoms. The molecule has 0 saturated heterocycles. The maximum Gasteiger partial charge on any atom is 0.217 e. The molecular formula is C9H8F2NO. The van der Waals surface area contributed by atoms with Crippen molar-refractivity contribution in [2.45, 2.75) is 12.5 Å². The molecule has 0 saturated carbocycles. The summed E-state index contributed by atoms with van der Waals surface area (Å²) in [4.78, 5) is 10.0. The Balaban J connectivity index is 2.82. The first-order valence-corrected chi connectivity index (χ1v) is 3.70. The van der Waals surface area contributed by atoms with E-state index < -0.39 is 17.7 Å². The van der Waals surface area contributed by atoms with Gasteiger partial charge in [0, 0.05) is 6.07 Å². The molecule has 1 aromatic rings. The van der Waals surface area contributed by atoms with Crippen molar-refractivity contribution < 1.29 is 13.6 Å². The van der Waals surface area contributed by atoms with Gasteiger partial charge in [0.1, 0.15) is 11.6 Å². The summed E-state index contributed by atoms with van der Waals surface area (Å²) in [5.41, 5.74) is 5.59. The number of carbonyl (C=O) groups excluding carboxylic acids is 1. The van der Waals surface area contributed by atoms with E-state index in [0.29, 0.717) is 5.56 Å². The number of halogens is 2. The van der Waals surface area contributed by atoms with Crippen LogP contribution in [0.25, 0.3) is 0 Å². The third-order valence-corrected chi connectivity index (χ3v) is 1.53. The molecule has 0 fully saturated rings. The number of nitrogens with two attached hydrogens (primary N) is 1. The molecule has 4 heteroatoms. The molecule has 2 nitrogen and oxygen atoms in total. The lowest BCUT2D eigenvalue weighted by Crippen LogP contribution is -2.24. The van der Waals surface area contributed by atoms with Crippen molar-refractivity contribution in [3.8, 4) is 0 Å². The summed E-state index contributed by atoms with van der Waals surface area (Å²) in [7, 11) is 0. The van der Waals surface area contributed by atoms with Crippen LogP contribution in [0.15, 0.2) is 18.2 Å². The molecule has 0 aliphatic heterocycles. The highest BCUT2D eigenvalue weighted by Crippen LogP contribution is 2.08. The fourth-order valence-electron chi connectivity index (χ4n) is 1.02. The van der Waals surface area contributed by atoms with Crippen molar-refractivity contribution in [2.75, 3.05) is 0 Å². The zero-order valence-corrected chi connectivity index (χ0v) is 6.76. The van der Waals surface area contributed by atoms with E-state index >= 15 is 0 Å². The van der Waals surface area contributed by atoms with Crippen LogP contribution in [0.3, 0.4) is 0 Å². The van der Waals surface area contributed by atoms with E-state index in [-0.39, 0.29) is 6.42 Å². The Hall–Kier alpha value is -1.29. The van der Waals surface area contributed by atoms with Gasteiger partial charge in [0.15, 0.2) is 0 Å². The first kappa shape index (κ1) is 9.80. The Bertz CT molecular complexity index is 294. The molecule has 13 heavy (non-hydrogen) atoms. The minimum absolute atomic E-state index is 0.0954. The molecule has 1 radical (unpaired) electrons. The van der Waals surface area contributed by atoms with Crippen LogP contribution < -0.4 is 5.73 Å². The molecule has 0 heterocycles. The predicted molar refractivity (Wildman–Crippen MR) is 43.7 cm³/mol. The molecule has 1 rings (SSSR count). The molecule has 2 N–H and O–H groups in total.